The molecule has 96 valence electrons. The van der Waals surface area contributed by atoms with Gasteiger partial charge in [-0.1, -0.05) is 0 Å². The van der Waals surface area contributed by atoms with Crippen LogP contribution in [0.25, 0.3) is 10.1 Å². The molecule has 0 saturated heterocycles. The number of carbonyl (C=O) groups is 1. The van der Waals surface area contributed by atoms with Crippen LogP contribution >= 0.6 is 11.3 Å². The molecule has 6 heteroatoms. The van der Waals surface area contributed by atoms with E-state index in [2.05, 4.69) is 0 Å². The molecule has 0 saturated carbocycles. The average molecular weight is 274 g/mol. The van der Waals surface area contributed by atoms with Crippen LogP contribution in [0.1, 0.15) is 22.2 Å². The van der Waals surface area contributed by atoms with Gasteiger partial charge in [-0.3, -0.25) is 0 Å². The fraction of sp³-hybridized carbons (Fsp3) is 0.250. The molecule has 2 rings (SSSR count). The minimum absolute atomic E-state index is 0.237. The highest BCUT2D eigenvalue weighted by Gasteiger charge is 2.30. The van der Waals surface area contributed by atoms with Gasteiger partial charge in [0, 0.05) is 4.70 Å². The van der Waals surface area contributed by atoms with Crippen molar-refractivity contribution in [3.05, 3.63) is 34.7 Å². The van der Waals surface area contributed by atoms with Gasteiger partial charge >= 0.3 is 12.1 Å². The number of hydrogen-bond acceptors (Lipinski definition) is 3. The van der Waals surface area contributed by atoms with Gasteiger partial charge in [0.2, 0.25) is 0 Å². The fourth-order valence-corrected chi connectivity index (χ4v) is 2.46. The van der Waals surface area contributed by atoms with Gasteiger partial charge in [-0.25, -0.2) is 4.79 Å². The maximum absolute atomic E-state index is 12.5. The third-order valence-electron chi connectivity index (χ3n) is 2.32. The summed E-state index contributed by atoms with van der Waals surface area (Å²) in [6.07, 6.45) is -4.37. The molecule has 0 amide bonds. The summed E-state index contributed by atoms with van der Waals surface area (Å²) in [5.74, 6) is -0.507. The van der Waals surface area contributed by atoms with E-state index in [9.17, 15) is 18.0 Å². The van der Waals surface area contributed by atoms with Crippen molar-refractivity contribution in [2.45, 2.75) is 13.1 Å². The van der Waals surface area contributed by atoms with Gasteiger partial charge in [0.05, 0.1) is 12.2 Å². The fourth-order valence-electron chi connectivity index (χ4n) is 1.52. The van der Waals surface area contributed by atoms with E-state index in [0.717, 1.165) is 23.5 Å². The Morgan fingerprint density at radius 2 is 2.06 bits per heavy atom. The Morgan fingerprint density at radius 3 is 2.67 bits per heavy atom. The van der Waals surface area contributed by atoms with Crippen molar-refractivity contribution in [1.29, 1.82) is 0 Å². The monoisotopic (exact) mass is 274 g/mol. The van der Waals surface area contributed by atoms with Gasteiger partial charge in [0.15, 0.2) is 0 Å². The van der Waals surface area contributed by atoms with Gasteiger partial charge < -0.3 is 4.74 Å². The molecule has 1 aromatic carbocycles. The number of thiophene rings is 1. The molecule has 0 fully saturated rings. The van der Waals surface area contributed by atoms with Gasteiger partial charge in [-0.05, 0) is 36.6 Å². The molecule has 0 radical (unpaired) electrons. The standard InChI is InChI=1S/C12H9F3O2S/c1-2-17-11(16)10-6-7-5-8(12(13,14)15)3-4-9(7)18-10/h3-6H,2H2,1H3. The SMILES string of the molecule is CCOC(=O)c1cc2cc(C(F)(F)F)ccc2s1. The maximum Gasteiger partial charge on any atom is 0.416 e. The highest BCUT2D eigenvalue weighted by Crippen LogP contribution is 2.34. The zero-order chi connectivity index (χ0) is 13.3. The molecule has 0 aliphatic rings. The van der Waals surface area contributed by atoms with Crippen molar-refractivity contribution in [2.24, 2.45) is 0 Å². The third kappa shape index (κ3) is 2.48. The second-order valence-electron chi connectivity index (χ2n) is 3.58. The second-order valence-corrected chi connectivity index (χ2v) is 4.67. The number of esters is 1. The average Bonchev–Trinajstić information content (AvgIpc) is 2.70. The number of rotatable bonds is 2. The first kappa shape index (κ1) is 12.9. The highest BCUT2D eigenvalue weighted by molar-refractivity contribution is 7.20. The van der Waals surface area contributed by atoms with Crippen LogP contribution in [0.3, 0.4) is 0 Å². The minimum atomic E-state index is -4.37. The summed E-state index contributed by atoms with van der Waals surface area (Å²) in [6, 6.07) is 4.83. The minimum Gasteiger partial charge on any atom is -0.462 e. The molecule has 0 spiro atoms. The van der Waals surface area contributed by atoms with Crippen LogP contribution < -0.4 is 0 Å². The Labute approximate surface area is 105 Å². The summed E-state index contributed by atoms with van der Waals surface area (Å²) >= 11 is 1.12. The second kappa shape index (κ2) is 4.61. The van der Waals surface area contributed by atoms with Crippen molar-refractivity contribution in [3.63, 3.8) is 0 Å². The topological polar surface area (TPSA) is 26.3 Å². The first-order valence-electron chi connectivity index (χ1n) is 5.19. The molecular formula is C12H9F3O2S. The molecule has 0 unspecified atom stereocenters. The van der Waals surface area contributed by atoms with E-state index in [4.69, 9.17) is 4.74 Å². The predicted molar refractivity (Wildman–Crippen MR) is 62.8 cm³/mol. The molecular weight excluding hydrogens is 265 g/mol. The molecule has 0 atom stereocenters. The number of carbonyl (C=O) groups excluding carboxylic acids is 1. The Morgan fingerprint density at radius 1 is 1.33 bits per heavy atom. The predicted octanol–water partition coefficient (Wildman–Crippen LogP) is 4.10. The van der Waals surface area contributed by atoms with Crippen molar-refractivity contribution >= 4 is 27.4 Å². The molecule has 2 nitrogen and oxygen atoms in total. The lowest BCUT2D eigenvalue weighted by molar-refractivity contribution is -0.137. The third-order valence-corrected chi connectivity index (χ3v) is 3.42. The first-order chi connectivity index (χ1) is 8.41. The lowest BCUT2D eigenvalue weighted by Gasteiger charge is -2.05. The van der Waals surface area contributed by atoms with Gasteiger partial charge in [0.1, 0.15) is 4.88 Å². The van der Waals surface area contributed by atoms with Crippen LogP contribution in [-0.2, 0) is 10.9 Å². The highest BCUT2D eigenvalue weighted by atomic mass is 32.1. The number of benzene rings is 1. The van der Waals surface area contributed by atoms with Crippen molar-refractivity contribution in [1.82, 2.24) is 0 Å². The van der Waals surface area contributed by atoms with E-state index < -0.39 is 17.7 Å². The number of fused-ring (bicyclic) bond motifs is 1. The van der Waals surface area contributed by atoms with E-state index in [1.54, 1.807) is 6.92 Å². The number of ether oxygens (including phenoxy) is 1. The Hall–Kier alpha value is -1.56. The quantitative estimate of drug-likeness (QED) is 0.771. The van der Waals surface area contributed by atoms with E-state index in [0.29, 0.717) is 15.0 Å². The van der Waals surface area contributed by atoms with E-state index in [1.807, 2.05) is 0 Å². The molecule has 2 aromatic rings. The summed E-state index contributed by atoms with van der Waals surface area (Å²) in [5, 5.41) is 0.401. The van der Waals surface area contributed by atoms with Crippen molar-refractivity contribution < 1.29 is 22.7 Å². The van der Waals surface area contributed by atoms with Crippen LogP contribution in [0, 0.1) is 0 Å². The summed E-state index contributed by atoms with van der Waals surface area (Å²) in [6.45, 7) is 1.91. The molecule has 1 aromatic heterocycles. The Balaban J connectivity index is 2.43. The molecule has 0 aliphatic carbocycles. The maximum atomic E-state index is 12.5. The van der Waals surface area contributed by atoms with E-state index >= 15 is 0 Å². The van der Waals surface area contributed by atoms with Crippen LogP contribution in [-0.4, -0.2) is 12.6 Å². The summed E-state index contributed by atoms with van der Waals surface area (Å²) in [5.41, 5.74) is -0.719. The normalized spacial score (nSPS) is 11.8. The largest absolute Gasteiger partial charge is 0.462 e. The van der Waals surface area contributed by atoms with Gasteiger partial charge in [-0.2, -0.15) is 13.2 Å². The lowest BCUT2D eigenvalue weighted by Crippen LogP contribution is -2.03. The van der Waals surface area contributed by atoms with Crippen molar-refractivity contribution in [2.75, 3.05) is 6.61 Å². The van der Waals surface area contributed by atoms with Crippen molar-refractivity contribution in [3.8, 4) is 0 Å². The van der Waals surface area contributed by atoms with Gasteiger partial charge in [-0.15, -0.1) is 11.3 Å². The smallest absolute Gasteiger partial charge is 0.416 e. The van der Waals surface area contributed by atoms with Crippen LogP contribution in [0.5, 0.6) is 0 Å². The molecule has 18 heavy (non-hydrogen) atoms. The zero-order valence-electron chi connectivity index (χ0n) is 9.38. The van der Waals surface area contributed by atoms with E-state index in [1.165, 1.54) is 12.1 Å². The summed E-state index contributed by atoms with van der Waals surface area (Å²) < 4.78 is 43.0. The van der Waals surface area contributed by atoms with Crippen LogP contribution in [0.2, 0.25) is 0 Å². The molecule has 1 heterocycles. The summed E-state index contributed by atoms with van der Waals surface area (Å²) in [4.78, 5) is 11.8. The number of alkyl halides is 3. The van der Waals surface area contributed by atoms with Crippen LogP contribution in [0.15, 0.2) is 24.3 Å². The summed E-state index contributed by atoms with van der Waals surface area (Å²) in [7, 11) is 0. The van der Waals surface area contributed by atoms with Gasteiger partial charge in [0.25, 0.3) is 0 Å². The number of hydrogen-bond donors (Lipinski definition) is 0. The molecule has 0 bridgehead atoms. The molecule has 0 N–H and O–H groups in total. The first-order valence-corrected chi connectivity index (χ1v) is 6.01. The molecule has 0 aliphatic heterocycles. The number of halogens is 3. The zero-order valence-corrected chi connectivity index (χ0v) is 10.2. The Kier molecular flexibility index (Phi) is 3.30. The lowest BCUT2D eigenvalue weighted by atomic mass is 10.1. The van der Waals surface area contributed by atoms with Crippen LogP contribution in [0.4, 0.5) is 13.2 Å². The Bertz CT molecular complexity index is 587. The van der Waals surface area contributed by atoms with E-state index in [-0.39, 0.29) is 6.61 Å².